The molecule has 1 fully saturated rings. The van der Waals surface area contributed by atoms with E-state index < -0.39 is 11.1 Å². The van der Waals surface area contributed by atoms with Crippen molar-refractivity contribution >= 4 is 23.0 Å². The Balaban J connectivity index is 2.00. The highest BCUT2D eigenvalue weighted by atomic mass is 16.3. The SMILES string of the molecule is CC1CCCC1Nc1c(Nc2cccc(C(=O)N(C)C)c2O)c(=O)[nH][nH]c1=O. The summed E-state index contributed by atoms with van der Waals surface area (Å²) in [6.45, 7) is 2.10. The van der Waals surface area contributed by atoms with Crippen molar-refractivity contribution in [1.29, 1.82) is 0 Å². The largest absolute Gasteiger partial charge is 0.505 e. The van der Waals surface area contributed by atoms with Gasteiger partial charge >= 0.3 is 0 Å². The average Bonchev–Trinajstić information content (AvgIpc) is 3.06. The molecule has 2 atom stereocenters. The molecule has 1 aromatic carbocycles. The lowest BCUT2D eigenvalue weighted by molar-refractivity contribution is 0.0824. The molecule has 1 amide bonds. The number of aromatic amines is 2. The Morgan fingerprint density at radius 3 is 2.43 bits per heavy atom. The minimum absolute atomic E-state index is 0.00685. The van der Waals surface area contributed by atoms with Crippen LogP contribution in [0.25, 0.3) is 0 Å². The second-order valence-corrected chi connectivity index (χ2v) is 7.34. The maximum absolute atomic E-state index is 12.4. The van der Waals surface area contributed by atoms with Gasteiger partial charge in [-0.2, -0.15) is 0 Å². The zero-order valence-electron chi connectivity index (χ0n) is 16.1. The number of rotatable bonds is 5. The Morgan fingerprint density at radius 1 is 1.14 bits per heavy atom. The van der Waals surface area contributed by atoms with Gasteiger partial charge < -0.3 is 20.6 Å². The Labute approximate surface area is 161 Å². The Bertz CT molecular complexity index is 995. The number of carbonyl (C=O) groups is 1. The van der Waals surface area contributed by atoms with Gasteiger partial charge in [0.25, 0.3) is 17.0 Å². The third kappa shape index (κ3) is 3.73. The van der Waals surface area contributed by atoms with E-state index in [1.54, 1.807) is 20.2 Å². The highest BCUT2D eigenvalue weighted by Gasteiger charge is 2.26. The highest BCUT2D eigenvalue weighted by molar-refractivity contribution is 5.98. The van der Waals surface area contributed by atoms with Gasteiger partial charge in [-0.05, 0) is 30.9 Å². The van der Waals surface area contributed by atoms with Gasteiger partial charge in [0, 0.05) is 20.1 Å². The molecule has 28 heavy (non-hydrogen) atoms. The number of hydrogen-bond donors (Lipinski definition) is 5. The monoisotopic (exact) mass is 387 g/mol. The van der Waals surface area contributed by atoms with E-state index in [-0.39, 0.29) is 40.3 Å². The summed E-state index contributed by atoms with van der Waals surface area (Å²) in [4.78, 5) is 38.3. The predicted octanol–water partition coefficient (Wildman–Crippen LogP) is 1.81. The first-order chi connectivity index (χ1) is 13.3. The Hall–Kier alpha value is -3.23. The van der Waals surface area contributed by atoms with Crippen LogP contribution < -0.4 is 21.8 Å². The van der Waals surface area contributed by atoms with Crippen molar-refractivity contribution in [3.8, 4) is 5.75 Å². The fourth-order valence-corrected chi connectivity index (χ4v) is 3.46. The van der Waals surface area contributed by atoms with Crippen LogP contribution in [-0.4, -0.2) is 46.2 Å². The molecule has 0 aliphatic heterocycles. The van der Waals surface area contributed by atoms with E-state index in [4.69, 9.17) is 0 Å². The number of aromatic nitrogens is 2. The molecule has 5 N–H and O–H groups in total. The van der Waals surface area contributed by atoms with Crippen molar-refractivity contribution < 1.29 is 9.90 Å². The Morgan fingerprint density at radius 2 is 1.82 bits per heavy atom. The number of benzene rings is 1. The average molecular weight is 387 g/mol. The van der Waals surface area contributed by atoms with E-state index in [1.807, 2.05) is 0 Å². The third-order valence-corrected chi connectivity index (χ3v) is 5.12. The van der Waals surface area contributed by atoms with E-state index in [2.05, 4.69) is 27.8 Å². The van der Waals surface area contributed by atoms with E-state index in [1.165, 1.54) is 17.0 Å². The number of nitrogens with one attached hydrogen (secondary N) is 4. The maximum Gasteiger partial charge on any atom is 0.288 e. The number of phenols is 1. The summed E-state index contributed by atoms with van der Waals surface area (Å²) in [5.74, 6) is -0.291. The summed E-state index contributed by atoms with van der Waals surface area (Å²) in [6.07, 6.45) is 3.01. The molecule has 2 unspecified atom stereocenters. The minimum atomic E-state index is -0.545. The van der Waals surface area contributed by atoms with Gasteiger partial charge in [-0.15, -0.1) is 0 Å². The zero-order chi connectivity index (χ0) is 20.4. The minimum Gasteiger partial charge on any atom is -0.505 e. The molecule has 1 aliphatic carbocycles. The molecule has 9 heteroatoms. The molecule has 1 aromatic heterocycles. The van der Waals surface area contributed by atoms with Crippen LogP contribution in [0, 0.1) is 5.92 Å². The number of H-pyrrole nitrogens is 2. The first kappa shape index (κ1) is 19.5. The summed E-state index contributed by atoms with van der Waals surface area (Å²) < 4.78 is 0. The summed E-state index contributed by atoms with van der Waals surface area (Å²) in [6, 6.07) is 4.69. The van der Waals surface area contributed by atoms with Crippen LogP contribution >= 0.6 is 0 Å². The van der Waals surface area contributed by atoms with Gasteiger partial charge in [0.1, 0.15) is 11.4 Å². The fourth-order valence-electron chi connectivity index (χ4n) is 3.46. The number of para-hydroxylation sites is 1. The normalized spacial score (nSPS) is 18.7. The number of carbonyl (C=O) groups excluding carboxylic acids is 1. The van der Waals surface area contributed by atoms with Crippen molar-refractivity contribution in [2.24, 2.45) is 5.92 Å². The molecule has 1 aliphatic rings. The van der Waals surface area contributed by atoms with Gasteiger partial charge in [-0.1, -0.05) is 19.4 Å². The molecule has 0 radical (unpaired) electrons. The fraction of sp³-hybridized carbons (Fsp3) is 0.421. The van der Waals surface area contributed by atoms with E-state index in [9.17, 15) is 19.5 Å². The standard InChI is InChI=1S/C19H25N5O4/c1-10-6-4-8-12(10)20-14-15(18(27)23-22-17(14)26)21-13-9-5-7-11(16(13)25)19(28)24(2)3/h5,7,9-10,12,25H,4,6,8H2,1-3H3,(H2,20,23,27)(H2,21,22,26). The van der Waals surface area contributed by atoms with Crippen LogP contribution in [0.15, 0.2) is 27.8 Å². The molecule has 2 aromatic rings. The van der Waals surface area contributed by atoms with Crippen molar-refractivity contribution in [2.75, 3.05) is 24.7 Å². The van der Waals surface area contributed by atoms with Crippen molar-refractivity contribution in [3.63, 3.8) is 0 Å². The molecular formula is C19H25N5O4. The first-order valence-electron chi connectivity index (χ1n) is 9.21. The zero-order valence-corrected chi connectivity index (χ0v) is 16.1. The van der Waals surface area contributed by atoms with Crippen molar-refractivity contribution in [1.82, 2.24) is 15.1 Å². The summed E-state index contributed by atoms with van der Waals surface area (Å²) in [5.41, 5.74) is -0.655. The van der Waals surface area contributed by atoms with Crippen LogP contribution in [0.2, 0.25) is 0 Å². The first-order valence-corrected chi connectivity index (χ1v) is 9.21. The molecule has 1 saturated carbocycles. The number of anilines is 3. The summed E-state index contributed by atoms with van der Waals surface area (Å²) in [7, 11) is 3.15. The Kier molecular flexibility index (Phi) is 5.43. The lowest BCUT2D eigenvalue weighted by Crippen LogP contribution is -2.31. The van der Waals surface area contributed by atoms with Crippen LogP contribution in [0.1, 0.15) is 36.5 Å². The molecule has 0 spiro atoms. The molecule has 3 rings (SSSR count). The lowest BCUT2D eigenvalue weighted by Gasteiger charge is -2.20. The predicted molar refractivity (Wildman–Crippen MR) is 108 cm³/mol. The van der Waals surface area contributed by atoms with Gasteiger partial charge in [-0.25, -0.2) is 0 Å². The third-order valence-electron chi connectivity index (χ3n) is 5.12. The quantitative estimate of drug-likeness (QED) is 0.498. The number of phenolic OH excluding ortho intramolecular Hbond substituents is 1. The van der Waals surface area contributed by atoms with Crippen molar-refractivity contribution in [3.05, 3.63) is 44.5 Å². The second kappa shape index (κ2) is 7.79. The number of aromatic hydroxyl groups is 1. The molecule has 150 valence electrons. The maximum atomic E-state index is 12.4. The van der Waals surface area contributed by atoms with Crippen LogP contribution in [0.4, 0.5) is 17.1 Å². The van der Waals surface area contributed by atoms with Gasteiger partial charge in [-0.3, -0.25) is 24.6 Å². The van der Waals surface area contributed by atoms with Gasteiger partial charge in [0.15, 0.2) is 5.75 Å². The topological polar surface area (TPSA) is 130 Å². The van der Waals surface area contributed by atoms with Gasteiger partial charge in [0.05, 0.1) is 11.3 Å². The van der Waals surface area contributed by atoms with Crippen LogP contribution in [-0.2, 0) is 0 Å². The second-order valence-electron chi connectivity index (χ2n) is 7.34. The van der Waals surface area contributed by atoms with E-state index in [0.29, 0.717) is 5.92 Å². The highest BCUT2D eigenvalue weighted by Crippen LogP contribution is 2.33. The van der Waals surface area contributed by atoms with Crippen LogP contribution in [0.5, 0.6) is 5.75 Å². The smallest absolute Gasteiger partial charge is 0.288 e. The molecule has 0 saturated heterocycles. The van der Waals surface area contributed by atoms with Crippen molar-refractivity contribution in [2.45, 2.75) is 32.2 Å². The lowest BCUT2D eigenvalue weighted by atomic mass is 10.1. The van der Waals surface area contributed by atoms with E-state index in [0.717, 1.165) is 19.3 Å². The summed E-state index contributed by atoms with van der Waals surface area (Å²) in [5, 5.41) is 21.1. The molecule has 1 heterocycles. The summed E-state index contributed by atoms with van der Waals surface area (Å²) >= 11 is 0. The van der Waals surface area contributed by atoms with Crippen LogP contribution in [0.3, 0.4) is 0 Å². The molecule has 9 nitrogen and oxygen atoms in total. The number of nitrogens with zero attached hydrogens (tertiary/aromatic N) is 1. The van der Waals surface area contributed by atoms with E-state index >= 15 is 0 Å². The molecular weight excluding hydrogens is 362 g/mol. The molecule has 0 bridgehead atoms. The number of hydrogen-bond acceptors (Lipinski definition) is 6. The van der Waals surface area contributed by atoms with Gasteiger partial charge in [0.2, 0.25) is 0 Å². The number of amides is 1.